The van der Waals surface area contributed by atoms with Crippen LogP contribution in [0.15, 0.2) is 5.28 Å². The summed E-state index contributed by atoms with van der Waals surface area (Å²) in [6.45, 7) is 0.486. The van der Waals surface area contributed by atoms with E-state index in [1.807, 2.05) is 0 Å². The van der Waals surface area contributed by atoms with E-state index in [1.54, 1.807) is 0 Å². The van der Waals surface area contributed by atoms with Gasteiger partial charge in [-0.05, 0) is 0 Å². The maximum absolute atomic E-state index is 10.7. The molecule has 1 heterocycles. The molecule has 1 rings (SSSR count). The number of aliphatic hydroxyl groups excluding tert-OH is 1. The molecule has 0 aliphatic carbocycles. The molecule has 6 nitrogen and oxygen atoms in total. The summed E-state index contributed by atoms with van der Waals surface area (Å²) in [5, 5.41) is 23.8. The van der Waals surface area contributed by atoms with E-state index < -0.39 is 6.23 Å². The monoisotopic (exact) mass is 181 g/mol. The van der Waals surface area contributed by atoms with Crippen molar-refractivity contribution in [3.63, 3.8) is 0 Å². The molecule has 0 radical (unpaired) electrons. The minimum atomic E-state index is -0.741. The van der Waals surface area contributed by atoms with Gasteiger partial charge in [-0.2, -0.15) is 0 Å². The summed E-state index contributed by atoms with van der Waals surface area (Å²) >= 11 is 5.09. The highest BCUT2D eigenvalue weighted by atomic mass is 35.5. The summed E-state index contributed by atoms with van der Waals surface area (Å²) in [5.74, 6) is 0. The van der Waals surface area contributed by atoms with E-state index in [-0.39, 0.29) is 11.0 Å². The third-order valence-corrected chi connectivity index (χ3v) is 1.45. The summed E-state index contributed by atoms with van der Waals surface area (Å²) in [6, 6.07) is -0.178. The standard InChI is InChI=1S/C4H8ClN3O3/c5-3-11-6-8(10)7-2-1-4(7)9/h4,9H,1-3H2. The van der Waals surface area contributed by atoms with Gasteiger partial charge in [0.1, 0.15) is 0 Å². The van der Waals surface area contributed by atoms with Crippen LogP contribution in [0.4, 0.5) is 0 Å². The second-order valence-electron chi connectivity index (χ2n) is 2.00. The molecule has 0 spiro atoms. The Bertz CT molecular complexity index is 165. The van der Waals surface area contributed by atoms with Crippen molar-refractivity contribution in [3.8, 4) is 0 Å². The smallest absolute Gasteiger partial charge is 0.234 e. The van der Waals surface area contributed by atoms with Crippen molar-refractivity contribution in [2.45, 2.75) is 12.6 Å². The molecule has 0 aromatic rings. The van der Waals surface area contributed by atoms with Gasteiger partial charge in [0.05, 0.1) is 11.5 Å². The van der Waals surface area contributed by atoms with E-state index in [9.17, 15) is 5.21 Å². The minimum Gasteiger partial charge on any atom is -0.569 e. The molecular weight excluding hydrogens is 174 g/mol. The topological polar surface area (TPSA) is 71.1 Å². The lowest BCUT2D eigenvalue weighted by atomic mass is 10.2. The van der Waals surface area contributed by atoms with Crippen LogP contribution in [-0.2, 0) is 4.84 Å². The van der Waals surface area contributed by atoms with Crippen LogP contribution in [0.25, 0.3) is 0 Å². The van der Waals surface area contributed by atoms with Crippen LogP contribution in [0, 0.1) is 5.21 Å². The van der Waals surface area contributed by atoms with Gasteiger partial charge in [0, 0.05) is 6.42 Å². The molecule has 1 aliphatic heterocycles. The van der Waals surface area contributed by atoms with Crippen molar-refractivity contribution < 1.29 is 14.9 Å². The number of rotatable bonds is 3. The molecule has 1 unspecified atom stereocenters. The van der Waals surface area contributed by atoms with Crippen LogP contribution in [-0.4, -0.2) is 33.9 Å². The first kappa shape index (κ1) is 8.35. The molecule has 0 saturated carbocycles. The van der Waals surface area contributed by atoms with Gasteiger partial charge in [-0.15, -0.1) is 5.01 Å². The average Bonchev–Trinajstić information content (AvgIpc) is 1.98. The number of hydrazine groups is 1. The van der Waals surface area contributed by atoms with E-state index >= 15 is 0 Å². The van der Waals surface area contributed by atoms with Gasteiger partial charge in [-0.25, -0.2) is 0 Å². The molecule has 0 bridgehead atoms. The largest absolute Gasteiger partial charge is 0.569 e. The molecule has 0 amide bonds. The number of hydrogen-bond donors (Lipinski definition) is 1. The molecule has 64 valence electrons. The second-order valence-corrected chi connectivity index (χ2v) is 2.22. The summed E-state index contributed by atoms with van der Waals surface area (Å²) in [7, 11) is 0. The molecular formula is C4H8ClN3O3. The van der Waals surface area contributed by atoms with Gasteiger partial charge in [-0.3, -0.25) is 0 Å². The Morgan fingerprint density at radius 1 is 1.91 bits per heavy atom. The lowest BCUT2D eigenvalue weighted by molar-refractivity contribution is -0.741. The summed E-state index contributed by atoms with van der Waals surface area (Å²) in [4.78, 5) is 4.44. The Balaban J connectivity index is 2.34. The number of alkyl halides is 1. The highest BCUT2D eigenvalue weighted by Crippen LogP contribution is 2.13. The highest BCUT2D eigenvalue weighted by molar-refractivity contribution is 6.17. The van der Waals surface area contributed by atoms with Gasteiger partial charge in [0.2, 0.25) is 5.28 Å². The number of hydrogen-bond acceptors (Lipinski definition) is 4. The zero-order valence-electron chi connectivity index (χ0n) is 5.68. The minimum absolute atomic E-state index is 0.178. The predicted octanol–water partition coefficient (Wildman–Crippen LogP) is 0.0159. The van der Waals surface area contributed by atoms with Crippen LogP contribution in [0.5, 0.6) is 0 Å². The molecule has 7 heteroatoms. The Morgan fingerprint density at radius 2 is 2.64 bits per heavy atom. The summed E-state index contributed by atoms with van der Waals surface area (Å²) in [5.41, 5.74) is 0. The van der Waals surface area contributed by atoms with E-state index in [0.717, 1.165) is 5.01 Å². The molecule has 11 heavy (non-hydrogen) atoms. The number of nitrogens with zero attached hydrogens (tertiary/aromatic N) is 3. The molecule has 1 saturated heterocycles. The van der Waals surface area contributed by atoms with Crippen molar-refractivity contribution in [2.75, 3.05) is 12.6 Å². The molecule has 1 atom stereocenters. The van der Waals surface area contributed by atoms with Crippen LogP contribution in [0.3, 0.4) is 0 Å². The molecule has 0 aromatic carbocycles. The normalized spacial score (nSPS) is 24.7. The quantitative estimate of drug-likeness (QED) is 0.288. The molecule has 0 aromatic heterocycles. The Kier molecular flexibility index (Phi) is 2.72. The van der Waals surface area contributed by atoms with Crippen LogP contribution >= 0.6 is 11.6 Å². The van der Waals surface area contributed by atoms with Crippen LogP contribution < -0.4 is 0 Å². The average molecular weight is 182 g/mol. The van der Waals surface area contributed by atoms with Crippen LogP contribution in [0.1, 0.15) is 6.42 Å². The molecule has 1 N–H and O–H groups in total. The van der Waals surface area contributed by atoms with E-state index in [2.05, 4.69) is 10.1 Å². The first-order valence-corrected chi connectivity index (χ1v) is 3.60. The second kappa shape index (κ2) is 3.59. The highest BCUT2D eigenvalue weighted by Gasteiger charge is 2.33. The fraction of sp³-hybridized carbons (Fsp3) is 1.00. The van der Waals surface area contributed by atoms with Gasteiger partial charge in [0.15, 0.2) is 12.3 Å². The third-order valence-electron chi connectivity index (χ3n) is 1.36. The van der Waals surface area contributed by atoms with E-state index in [4.69, 9.17) is 16.7 Å². The Hall–Kier alpha value is -0.750. The molecule has 1 aliphatic rings. The van der Waals surface area contributed by atoms with Crippen molar-refractivity contribution in [3.05, 3.63) is 5.21 Å². The SMILES string of the molecule is [O-][N+](=NOCCl)N1CCC1O. The van der Waals surface area contributed by atoms with E-state index in [0.29, 0.717) is 13.0 Å². The number of halogens is 1. The fourth-order valence-electron chi connectivity index (χ4n) is 0.678. The predicted molar refractivity (Wildman–Crippen MR) is 35.2 cm³/mol. The lowest BCUT2D eigenvalue weighted by Gasteiger charge is -2.30. The Labute approximate surface area is 68.1 Å². The fourth-order valence-corrected chi connectivity index (χ4v) is 0.721. The first-order chi connectivity index (χ1) is 5.25. The van der Waals surface area contributed by atoms with Gasteiger partial charge < -0.3 is 15.2 Å². The third kappa shape index (κ3) is 1.84. The van der Waals surface area contributed by atoms with Crippen molar-refractivity contribution in [1.29, 1.82) is 0 Å². The van der Waals surface area contributed by atoms with Crippen molar-refractivity contribution >= 4 is 11.6 Å². The maximum atomic E-state index is 10.7. The van der Waals surface area contributed by atoms with Gasteiger partial charge >= 0.3 is 0 Å². The van der Waals surface area contributed by atoms with E-state index in [1.165, 1.54) is 0 Å². The summed E-state index contributed by atoms with van der Waals surface area (Å²) < 4.78 is 0. The maximum Gasteiger partial charge on any atom is 0.234 e. The number of aliphatic hydroxyl groups is 1. The summed E-state index contributed by atoms with van der Waals surface area (Å²) in [6.07, 6.45) is -0.162. The van der Waals surface area contributed by atoms with Crippen LogP contribution in [0.2, 0.25) is 0 Å². The van der Waals surface area contributed by atoms with Gasteiger partial charge in [0.25, 0.3) is 0 Å². The van der Waals surface area contributed by atoms with Gasteiger partial charge in [-0.1, -0.05) is 11.6 Å². The first-order valence-electron chi connectivity index (χ1n) is 3.06. The zero-order chi connectivity index (χ0) is 8.27. The Morgan fingerprint density at radius 3 is 3.00 bits per heavy atom. The zero-order valence-corrected chi connectivity index (χ0v) is 6.44. The van der Waals surface area contributed by atoms with Crippen molar-refractivity contribution in [2.24, 2.45) is 5.28 Å². The molecule has 1 fully saturated rings. The lowest BCUT2D eigenvalue weighted by Crippen LogP contribution is -2.51. The van der Waals surface area contributed by atoms with Crippen molar-refractivity contribution in [1.82, 2.24) is 5.01 Å².